The van der Waals surface area contributed by atoms with Gasteiger partial charge in [0.05, 0.1) is 5.57 Å². The third-order valence-electron chi connectivity index (χ3n) is 2.54. The molecule has 2 rings (SSSR count). The monoisotopic (exact) mass is 273 g/mol. The van der Waals surface area contributed by atoms with Crippen LogP contribution in [-0.4, -0.2) is 6.29 Å². The van der Waals surface area contributed by atoms with Gasteiger partial charge in [-0.05, 0) is 6.07 Å². The van der Waals surface area contributed by atoms with Gasteiger partial charge in [-0.1, -0.05) is 29.8 Å². The lowest BCUT2D eigenvalue weighted by atomic mass is 9.94. The van der Waals surface area contributed by atoms with Crippen LogP contribution < -0.4 is 5.32 Å². The van der Waals surface area contributed by atoms with Crippen LogP contribution >= 0.6 is 11.6 Å². The van der Waals surface area contributed by atoms with E-state index >= 15 is 0 Å². The van der Waals surface area contributed by atoms with Crippen LogP contribution in [0, 0.1) is 0 Å². The van der Waals surface area contributed by atoms with Crippen molar-refractivity contribution in [2.75, 3.05) is 0 Å². The first-order valence-electron chi connectivity index (χ1n) is 4.94. The number of dihydropyridines is 1. The van der Waals surface area contributed by atoms with Gasteiger partial charge >= 0.3 is 0 Å². The third-order valence-corrected chi connectivity index (χ3v) is 2.87. The molecule has 1 unspecified atom stereocenters. The number of alkyl halides is 1. The normalized spacial score (nSPS) is 23.4. The summed E-state index contributed by atoms with van der Waals surface area (Å²) in [5.74, 6) is -5.31. The predicted octanol–water partition coefficient (Wildman–Crippen LogP) is 3.30. The van der Waals surface area contributed by atoms with E-state index in [1.807, 2.05) is 0 Å². The van der Waals surface area contributed by atoms with Crippen LogP contribution in [0.3, 0.4) is 0 Å². The fourth-order valence-corrected chi connectivity index (χ4v) is 1.98. The van der Waals surface area contributed by atoms with Gasteiger partial charge in [-0.25, -0.2) is 8.78 Å². The number of nitrogens with one attached hydrogen (secondary N) is 1. The van der Waals surface area contributed by atoms with Gasteiger partial charge in [0, 0.05) is 16.7 Å². The summed E-state index contributed by atoms with van der Waals surface area (Å²) >= 11 is 5.78. The van der Waals surface area contributed by atoms with Crippen LogP contribution in [0.25, 0.3) is 0 Å². The first-order valence-corrected chi connectivity index (χ1v) is 5.31. The van der Waals surface area contributed by atoms with E-state index in [9.17, 15) is 18.0 Å². The summed E-state index contributed by atoms with van der Waals surface area (Å²) in [7, 11) is 0. The number of carbonyl (C=O) groups is 1. The highest BCUT2D eigenvalue weighted by molar-refractivity contribution is 6.31. The molecule has 1 aliphatic heterocycles. The third kappa shape index (κ3) is 1.90. The summed E-state index contributed by atoms with van der Waals surface area (Å²) in [5, 5.41) is 1.75. The Morgan fingerprint density at radius 1 is 1.28 bits per heavy atom. The van der Waals surface area contributed by atoms with Crippen molar-refractivity contribution in [3.63, 3.8) is 0 Å². The Kier molecular flexibility index (Phi) is 3.17. The van der Waals surface area contributed by atoms with E-state index in [2.05, 4.69) is 0 Å². The zero-order valence-electron chi connectivity index (χ0n) is 8.88. The van der Waals surface area contributed by atoms with E-state index < -0.39 is 23.1 Å². The summed E-state index contributed by atoms with van der Waals surface area (Å²) in [4.78, 5) is 10.8. The number of hydrogen-bond donors (Lipinski definition) is 1. The van der Waals surface area contributed by atoms with E-state index in [1.165, 1.54) is 24.3 Å². The second kappa shape index (κ2) is 4.49. The highest BCUT2D eigenvalue weighted by atomic mass is 35.5. The van der Waals surface area contributed by atoms with Crippen molar-refractivity contribution in [3.05, 3.63) is 58.3 Å². The molecule has 1 N–H and O–H groups in total. The van der Waals surface area contributed by atoms with Gasteiger partial charge in [0.2, 0.25) is 5.79 Å². The molecule has 0 aliphatic carbocycles. The zero-order valence-corrected chi connectivity index (χ0v) is 9.64. The predicted molar refractivity (Wildman–Crippen MR) is 60.8 cm³/mol. The lowest BCUT2D eigenvalue weighted by Gasteiger charge is -2.30. The van der Waals surface area contributed by atoms with E-state index in [0.29, 0.717) is 6.08 Å². The molecule has 0 fully saturated rings. The second-order valence-corrected chi connectivity index (χ2v) is 4.04. The first kappa shape index (κ1) is 12.7. The Hall–Kier alpha value is -1.75. The van der Waals surface area contributed by atoms with E-state index in [0.717, 1.165) is 0 Å². The average molecular weight is 274 g/mol. The summed E-state index contributed by atoms with van der Waals surface area (Å²) in [5.41, 5.74) is -1.08. The molecule has 1 aromatic rings. The van der Waals surface area contributed by atoms with Crippen LogP contribution in [0.2, 0.25) is 5.02 Å². The quantitative estimate of drug-likeness (QED) is 0.662. The van der Waals surface area contributed by atoms with Crippen molar-refractivity contribution in [1.29, 1.82) is 0 Å². The topological polar surface area (TPSA) is 29.1 Å². The molecule has 0 amide bonds. The molecule has 1 atom stereocenters. The Bertz CT molecular complexity index is 570. The van der Waals surface area contributed by atoms with Crippen molar-refractivity contribution < 1.29 is 18.0 Å². The number of halogens is 4. The minimum absolute atomic E-state index is 0.00535. The minimum atomic E-state index is -2.82. The lowest BCUT2D eigenvalue weighted by Crippen LogP contribution is -2.42. The maximum atomic E-state index is 14.7. The van der Waals surface area contributed by atoms with Gasteiger partial charge in [0.1, 0.15) is 5.83 Å². The fraction of sp³-hybridized carbons (Fsp3) is 0.0833. The maximum Gasteiger partial charge on any atom is 0.241 e. The van der Waals surface area contributed by atoms with Crippen LogP contribution in [0.1, 0.15) is 5.56 Å². The van der Waals surface area contributed by atoms with Crippen LogP contribution in [-0.2, 0) is 10.6 Å². The smallest absolute Gasteiger partial charge is 0.241 e. The number of carbonyl (C=O) groups excluding carboxylic acids is 1. The molecule has 0 spiro atoms. The molecule has 1 aromatic carbocycles. The summed E-state index contributed by atoms with van der Waals surface area (Å²) < 4.78 is 41.3. The zero-order chi connectivity index (χ0) is 13.3. The van der Waals surface area contributed by atoms with Gasteiger partial charge < -0.3 is 5.32 Å². The Morgan fingerprint density at radius 3 is 2.56 bits per heavy atom. The molecular weight excluding hydrogens is 267 g/mol. The van der Waals surface area contributed by atoms with E-state index in [4.69, 9.17) is 11.6 Å². The highest BCUT2D eigenvalue weighted by Crippen LogP contribution is 2.40. The van der Waals surface area contributed by atoms with Crippen molar-refractivity contribution >= 4 is 17.9 Å². The number of allylic oxidation sites excluding steroid dienone is 2. The van der Waals surface area contributed by atoms with Gasteiger partial charge in [0.25, 0.3) is 0 Å². The van der Waals surface area contributed by atoms with E-state index in [1.54, 1.807) is 5.32 Å². The van der Waals surface area contributed by atoms with Gasteiger partial charge in [-0.3, -0.25) is 4.79 Å². The number of benzene rings is 1. The molecule has 1 aliphatic rings. The molecular formula is C12H7ClF3NO. The molecule has 0 bridgehead atoms. The first-order chi connectivity index (χ1) is 8.49. The summed E-state index contributed by atoms with van der Waals surface area (Å²) in [6.45, 7) is 0. The van der Waals surface area contributed by atoms with Gasteiger partial charge in [-0.15, -0.1) is 0 Å². The Labute approximate surface area is 106 Å². The summed E-state index contributed by atoms with van der Waals surface area (Å²) in [6.07, 6.45) is 0.396. The molecule has 0 saturated carbocycles. The standard InChI is InChI=1S/C12H7ClF3NO/c13-9-4-2-1-3-7(9)12(16)8(6-18)10(14)5-11(15)17-12/h1-6,17H. The number of rotatable bonds is 2. The average Bonchev–Trinajstić information content (AvgIpc) is 2.28. The fourth-order valence-electron chi connectivity index (χ4n) is 1.71. The van der Waals surface area contributed by atoms with Gasteiger partial charge in [0.15, 0.2) is 12.2 Å². The molecule has 1 heterocycles. The highest BCUT2D eigenvalue weighted by Gasteiger charge is 2.43. The molecule has 6 heteroatoms. The van der Waals surface area contributed by atoms with Crippen LogP contribution in [0.5, 0.6) is 0 Å². The maximum absolute atomic E-state index is 14.7. The summed E-state index contributed by atoms with van der Waals surface area (Å²) in [6, 6.07) is 5.58. The Morgan fingerprint density at radius 2 is 1.94 bits per heavy atom. The Balaban J connectivity index is 2.65. The van der Waals surface area contributed by atoms with Crippen molar-refractivity contribution in [3.8, 4) is 0 Å². The molecule has 0 aromatic heterocycles. The van der Waals surface area contributed by atoms with Crippen LogP contribution in [0.15, 0.2) is 47.7 Å². The largest absolute Gasteiger partial charge is 0.322 e. The molecule has 94 valence electrons. The number of aldehydes is 1. The molecule has 2 nitrogen and oxygen atoms in total. The molecule has 18 heavy (non-hydrogen) atoms. The van der Waals surface area contributed by atoms with Gasteiger partial charge in [-0.2, -0.15) is 4.39 Å². The SMILES string of the molecule is O=CC1=C(F)C=C(F)NC1(F)c1ccccc1Cl. The second-order valence-electron chi connectivity index (χ2n) is 3.64. The lowest BCUT2D eigenvalue weighted by molar-refractivity contribution is -0.106. The molecule has 0 radical (unpaired) electrons. The van der Waals surface area contributed by atoms with Crippen molar-refractivity contribution in [1.82, 2.24) is 5.32 Å². The van der Waals surface area contributed by atoms with E-state index in [-0.39, 0.29) is 16.9 Å². The number of hydrogen-bond acceptors (Lipinski definition) is 2. The minimum Gasteiger partial charge on any atom is -0.322 e. The molecule has 0 saturated heterocycles. The van der Waals surface area contributed by atoms with Crippen molar-refractivity contribution in [2.24, 2.45) is 0 Å². The van der Waals surface area contributed by atoms with Crippen LogP contribution in [0.4, 0.5) is 13.2 Å². The van der Waals surface area contributed by atoms with Crippen molar-refractivity contribution in [2.45, 2.75) is 5.79 Å².